The molecular weight excluding hydrogens is 224 g/mol. The quantitative estimate of drug-likeness (QED) is 0.747. The van der Waals surface area contributed by atoms with Crippen LogP contribution in [0.15, 0.2) is 24.3 Å². The summed E-state index contributed by atoms with van der Waals surface area (Å²) in [5, 5.41) is 22.3. The van der Waals surface area contributed by atoms with Gasteiger partial charge >= 0.3 is 0 Å². The van der Waals surface area contributed by atoms with Crippen LogP contribution >= 0.6 is 0 Å². The summed E-state index contributed by atoms with van der Waals surface area (Å²) < 4.78 is 0. The summed E-state index contributed by atoms with van der Waals surface area (Å²) in [7, 11) is 0. The molecule has 0 aromatic heterocycles. The van der Waals surface area contributed by atoms with Crippen LogP contribution in [0.25, 0.3) is 10.8 Å². The van der Waals surface area contributed by atoms with Gasteiger partial charge in [0, 0.05) is 21.9 Å². The van der Waals surface area contributed by atoms with Gasteiger partial charge in [0.2, 0.25) is 0 Å². The van der Waals surface area contributed by atoms with Crippen LogP contribution in [0.3, 0.4) is 0 Å². The number of benzene rings is 2. The van der Waals surface area contributed by atoms with Crippen molar-refractivity contribution in [2.24, 2.45) is 5.92 Å². The molecule has 94 valence electrons. The Bertz CT molecular complexity index is 602. The van der Waals surface area contributed by atoms with Crippen LogP contribution in [-0.4, -0.2) is 10.2 Å². The van der Waals surface area contributed by atoms with Gasteiger partial charge in [-0.1, -0.05) is 37.6 Å². The predicted octanol–water partition coefficient (Wildman–Crippen LogP) is 3.77. The summed E-state index contributed by atoms with van der Waals surface area (Å²) in [5.41, 5.74) is 1.92. The zero-order chi connectivity index (χ0) is 12.7. The van der Waals surface area contributed by atoms with E-state index in [9.17, 15) is 10.2 Å². The molecule has 2 N–H and O–H groups in total. The van der Waals surface area contributed by atoms with Gasteiger partial charge < -0.3 is 10.2 Å². The van der Waals surface area contributed by atoms with Crippen LogP contribution < -0.4 is 0 Å². The van der Waals surface area contributed by atoms with Crippen LogP contribution in [0.5, 0.6) is 11.5 Å². The summed E-state index contributed by atoms with van der Waals surface area (Å²) >= 11 is 0. The van der Waals surface area contributed by atoms with Crippen molar-refractivity contribution < 1.29 is 10.2 Å². The molecule has 0 heterocycles. The normalized spacial score (nSPS) is 18.8. The molecule has 0 radical (unpaired) electrons. The maximum absolute atomic E-state index is 10.4. The molecule has 1 atom stereocenters. The molecule has 0 aliphatic heterocycles. The fourth-order valence-corrected chi connectivity index (χ4v) is 3.08. The number of aromatic hydroxyl groups is 2. The number of hydrogen-bond acceptors (Lipinski definition) is 2. The molecule has 2 aromatic rings. The lowest BCUT2D eigenvalue weighted by molar-refractivity contribution is 0.403. The maximum atomic E-state index is 10.4. The van der Waals surface area contributed by atoms with Crippen molar-refractivity contribution in [1.29, 1.82) is 0 Å². The van der Waals surface area contributed by atoms with E-state index in [4.69, 9.17) is 0 Å². The third-order valence-electron chi connectivity index (χ3n) is 4.25. The van der Waals surface area contributed by atoms with E-state index in [-0.39, 0.29) is 0 Å². The molecule has 2 aromatic carbocycles. The lowest BCUT2D eigenvalue weighted by Gasteiger charge is -2.26. The van der Waals surface area contributed by atoms with Crippen molar-refractivity contribution in [3.63, 3.8) is 0 Å². The van der Waals surface area contributed by atoms with Gasteiger partial charge in [-0.2, -0.15) is 0 Å². The number of rotatable bonds is 1. The minimum atomic E-state index is 0.368. The van der Waals surface area contributed by atoms with Crippen molar-refractivity contribution in [2.75, 3.05) is 0 Å². The molecule has 3 rings (SSSR count). The number of phenolic OH excluding ortho intramolecular Hbond substituents is 2. The molecule has 0 spiro atoms. The van der Waals surface area contributed by atoms with E-state index in [2.05, 4.69) is 6.92 Å². The molecular formula is C16H18O2. The molecule has 0 amide bonds. The minimum Gasteiger partial charge on any atom is -0.507 e. The van der Waals surface area contributed by atoms with E-state index in [1.165, 1.54) is 0 Å². The van der Waals surface area contributed by atoms with E-state index >= 15 is 0 Å². The zero-order valence-electron chi connectivity index (χ0n) is 10.6. The second kappa shape index (κ2) is 4.20. The summed E-state index contributed by atoms with van der Waals surface area (Å²) in [6.45, 7) is 2.19. The van der Waals surface area contributed by atoms with Crippen molar-refractivity contribution in [3.05, 3.63) is 35.4 Å². The summed E-state index contributed by atoms with van der Waals surface area (Å²) in [5.74, 6) is 1.37. The first-order chi connectivity index (χ1) is 8.72. The molecule has 2 nitrogen and oxygen atoms in total. The molecule has 18 heavy (non-hydrogen) atoms. The van der Waals surface area contributed by atoms with E-state index in [0.717, 1.165) is 47.6 Å². The van der Waals surface area contributed by atoms with E-state index in [0.29, 0.717) is 17.4 Å². The minimum absolute atomic E-state index is 0.368. The fourth-order valence-electron chi connectivity index (χ4n) is 3.08. The molecule has 1 aliphatic rings. The molecule has 2 heteroatoms. The Kier molecular flexibility index (Phi) is 2.66. The van der Waals surface area contributed by atoms with Gasteiger partial charge in [-0.05, 0) is 25.2 Å². The number of hydrogen-bond donors (Lipinski definition) is 2. The number of phenols is 2. The number of fused-ring (bicyclic) bond motifs is 2. The molecule has 1 aliphatic carbocycles. The van der Waals surface area contributed by atoms with Crippen LogP contribution in [-0.2, 0) is 12.8 Å². The highest BCUT2D eigenvalue weighted by Gasteiger charge is 2.25. The molecule has 0 bridgehead atoms. The molecule has 0 saturated carbocycles. The Hall–Kier alpha value is -1.70. The zero-order valence-corrected chi connectivity index (χ0v) is 10.6. The topological polar surface area (TPSA) is 40.5 Å². The SMILES string of the molecule is CCC1CCc2c(c(O)c3ccccc3c2O)C1. The van der Waals surface area contributed by atoms with Gasteiger partial charge in [-0.15, -0.1) is 0 Å². The van der Waals surface area contributed by atoms with Crippen LogP contribution in [0.4, 0.5) is 0 Å². The highest BCUT2D eigenvalue weighted by Crippen LogP contribution is 2.44. The van der Waals surface area contributed by atoms with Crippen molar-refractivity contribution in [1.82, 2.24) is 0 Å². The Balaban J connectivity index is 2.27. The van der Waals surface area contributed by atoms with E-state index < -0.39 is 0 Å². The second-order valence-corrected chi connectivity index (χ2v) is 5.22. The van der Waals surface area contributed by atoms with Crippen LogP contribution in [0.1, 0.15) is 30.9 Å². The summed E-state index contributed by atoms with van der Waals surface area (Å²) in [6, 6.07) is 7.54. The first kappa shape index (κ1) is 11.4. The first-order valence-electron chi connectivity index (χ1n) is 6.66. The van der Waals surface area contributed by atoms with Gasteiger partial charge in [0.1, 0.15) is 11.5 Å². The van der Waals surface area contributed by atoms with Crippen molar-refractivity contribution in [3.8, 4) is 11.5 Å². The lowest BCUT2D eigenvalue weighted by Crippen LogP contribution is -2.14. The van der Waals surface area contributed by atoms with Gasteiger partial charge in [-0.3, -0.25) is 0 Å². The third kappa shape index (κ3) is 1.56. The predicted molar refractivity (Wildman–Crippen MR) is 73.1 cm³/mol. The Morgan fingerprint density at radius 3 is 2.28 bits per heavy atom. The Morgan fingerprint density at radius 2 is 1.67 bits per heavy atom. The standard InChI is InChI=1S/C16H18O2/c1-2-10-7-8-13-14(9-10)16(18)12-6-4-3-5-11(12)15(13)17/h3-6,10,17-18H,2,7-9H2,1H3. The largest absolute Gasteiger partial charge is 0.507 e. The lowest BCUT2D eigenvalue weighted by atomic mass is 9.80. The third-order valence-corrected chi connectivity index (χ3v) is 4.25. The van der Waals surface area contributed by atoms with Crippen LogP contribution in [0, 0.1) is 5.92 Å². The molecule has 0 fully saturated rings. The van der Waals surface area contributed by atoms with Gasteiger partial charge in [0.15, 0.2) is 0 Å². The second-order valence-electron chi connectivity index (χ2n) is 5.22. The molecule has 0 saturated heterocycles. The fraction of sp³-hybridized carbons (Fsp3) is 0.375. The van der Waals surface area contributed by atoms with Gasteiger partial charge in [-0.25, -0.2) is 0 Å². The highest BCUT2D eigenvalue weighted by molar-refractivity contribution is 5.95. The Labute approximate surface area is 107 Å². The van der Waals surface area contributed by atoms with Gasteiger partial charge in [0.25, 0.3) is 0 Å². The van der Waals surface area contributed by atoms with E-state index in [1.807, 2.05) is 24.3 Å². The average Bonchev–Trinajstić information content (AvgIpc) is 2.44. The highest BCUT2D eigenvalue weighted by atomic mass is 16.3. The summed E-state index contributed by atoms with van der Waals surface area (Å²) in [6.07, 6.45) is 4.00. The van der Waals surface area contributed by atoms with Gasteiger partial charge in [0.05, 0.1) is 0 Å². The molecule has 1 unspecified atom stereocenters. The average molecular weight is 242 g/mol. The summed E-state index contributed by atoms with van der Waals surface area (Å²) in [4.78, 5) is 0. The first-order valence-corrected chi connectivity index (χ1v) is 6.66. The van der Waals surface area contributed by atoms with Crippen molar-refractivity contribution >= 4 is 10.8 Å². The Morgan fingerprint density at radius 1 is 1.06 bits per heavy atom. The van der Waals surface area contributed by atoms with Crippen molar-refractivity contribution in [2.45, 2.75) is 32.6 Å². The maximum Gasteiger partial charge on any atom is 0.127 e. The smallest absolute Gasteiger partial charge is 0.127 e. The van der Waals surface area contributed by atoms with E-state index in [1.54, 1.807) is 0 Å². The van der Waals surface area contributed by atoms with Crippen LogP contribution in [0.2, 0.25) is 0 Å². The monoisotopic (exact) mass is 242 g/mol.